The van der Waals surface area contributed by atoms with Crippen LogP contribution in [0.2, 0.25) is 0 Å². The molecule has 17 heavy (non-hydrogen) atoms. The average Bonchev–Trinajstić information content (AvgIpc) is 2.35. The molecule has 0 spiro atoms. The lowest BCUT2D eigenvalue weighted by atomic mass is 9.90. The highest BCUT2D eigenvalue weighted by Gasteiger charge is 2.11. The molecule has 1 unspecified atom stereocenters. The van der Waals surface area contributed by atoms with Gasteiger partial charge in [0.05, 0.1) is 0 Å². The smallest absolute Gasteiger partial charge is 0.119 e. The summed E-state index contributed by atoms with van der Waals surface area (Å²) in [5.41, 5.74) is 2.52. The van der Waals surface area contributed by atoms with Crippen LogP contribution in [0.15, 0.2) is 18.2 Å². The highest BCUT2D eigenvalue weighted by atomic mass is 16.3. The molecule has 1 atom stereocenters. The summed E-state index contributed by atoms with van der Waals surface area (Å²) in [5.74, 6) is 1.03. The third kappa shape index (κ3) is 4.07. The number of benzene rings is 1. The van der Waals surface area contributed by atoms with Gasteiger partial charge in [0.2, 0.25) is 0 Å². The molecule has 0 aliphatic rings. The Morgan fingerprint density at radius 2 is 1.88 bits per heavy atom. The van der Waals surface area contributed by atoms with Gasteiger partial charge in [-0.3, -0.25) is 0 Å². The van der Waals surface area contributed by atoms with Gasteiger partial charge < -0.3 is 5.11 Å². The molecule has 1 N–H and O–H groups in total. The number of phenols is 1. The Bertz CT molecular complexity index is 330. The van der Waals surface area contributed by atoms with Crippen molar-refractivity contribution < 1.29 is 5.11 Å². The Labute approximate surface area is 106 Å². The van der Waals surface area contributed by atoms with Crippen LogP contribution in [-0.2, 0) is 6.42 Å². The van der Waals surface area contributed by atoms with Gasteiger partial charge in [-0.2, -0.15) is 0 Å². The minimum Gasteiger partial charge on any atom is -0.508 e. The van der Waals surface area contributed by atoms with Crippen molar-refractivity contribution in [2.24, 2.45) is 0 Å². The van der Waals surface area contributed by atoms with Crippen molar-refractivity contribution in [2.75, 3.05) is 0 Å². The number of phenolic OH excluding ortho intramolecular Hbond substituents is 1. The summed E-state index contributed by atoms with van der Waals surface area (Å²) in [5, 5.41) is 9.99. The van der Waals surface area contributed by atoms with E-state index in [4.69, 9.17) is 0 Å². The Hall–Kier alpha value is -0.980. The van der Waals surface area contributed by atoms with Gasteiger partial charge in [0.1, 0.15) is 5.75 Å². The average molecular weight is 234 g/mol. The summed E-state index contributed by atoms with van der Waals surface area (Å²) in [4.78, 5) is 0. The maximum Gasteiger partial charge on any atom is 0.119 e. The zero-order chi connectivity index (χ0) is 12.7. The van der Waals surface area contributed by atoms with Gasteiger partial charge in [-0.15, -0.1) is 0 Å². The van der Waals surface area contributed by atoms with Gasteiger partial charge >= 0.3 is 0 Å². The van der Waals surface area contributed by atoms with E-state index in [1.54, 1.807) is 0 Å². The van der Waals surface area contributed by atoms with Crippen molar-refractivity contribution in [1.82, 2.24) is 0 Å². The lowest BCUT2D eigenvalue weighted by molar-refractivity contribution is 0.463. The molecule has 0 radical (unpaired) electrons. The van der Waals surface area contributed by atoms with Crippen LogP contribution in [0.1, 0.15) is 69.9 Å². The molecular formula is C16H26O. The highest BCUT2D eigenvalue weighted by molar-refractivity contribution is 5.41. The van der Waals surface area contributed by atoms with Crippen molar-refractivity contribution in [3.8, 4) is 5.75 Å². The molecule has 0 saturated heterocycles. The third-order valence-electron chi connectivity index (χ3n) is 3.61. The maximum atomic E-state index is 9.99. The second kappa shape index (κ2) is 7.37. The number of hydrogen-bond acceptors (Lipinski definition) is 1. The predicted molar refractivity (Wildman–Crippen MR) is 74.7 cm³/mol. The molecule has 1 heteroatoms. The number of aromatic hydroxyl groups is 1. The van der Waals surface area contributed by atoms with Crippen molar-refractivity contribution in [2.45, 2.75) is 65.2 Å². The summed E-state index contributed by atoms with van der Waals surface area (Å²) in [7, 11) is 0. The van der Waals surface area contributed by atoms with E-state index < -0.39 is 0 Å². The minimum absolute atomic E-state index is 0.485. The Balaban J connectivity index is 2.73. The third-order valence-corrected chi connectivity index (χ3v) is 3.61. The molecule has 0 bridgehead atoms. The number of rotatable bonds is 7. The fourth-order valence-corrected chi connectivity index (χ4v) is 2.27. The lowest BCUT2D eigenvalue weighted by Gasteiger charge is -2.16. The summed E-state index contributed by atoms with van der Waals surface area (Å²) in [6, 6.07) is 5.95. The molecule has 1 aromatic carbocycles. The number of hydrogen-bond donors (Lipinski definition) is 1. The first kappa shape index (κ1) is 14.1. The predicted octanol–water partition coefficient (Wildman–Crippen LogP) is 5.03. The van der Waals surface area contributed by atoms with Crippen LogP contribution in [-0.4, -0.2) is 5.11 Å². The van der Waals surface area contributed by atoms with Crippen LogP contribution in [0.4, 0.5) is 0 Å². The Morgan fingerprint density at radius 1 is 1.12 bits per heavy atom. The number of unbranched alkanes of at least 4 members (excludes halogenated alkanes) is 3. The van der Waals surface area contributed by atoms with E-state index in [2.05, 4.69) is 26.8 Å². The monoisotopic (exact) mass is 234 g/mol. The zero-order valence-corrected chi connectivity index (χ0v) is 11.5. The van der Waals surface area contributed by atoms with E-state index in [9.17, 15) is 5.11 Å². The quantitative estimate of drug-likeness (QED) is 0.656. The van der Waals surface area contributed by atoms with Gasteiger partial charge in [0.25, 0.3) is 0 Å². The summed E-state index contributed by atoms with van der Waals surface area (Å²) >= 11 is 0. The standard InChI is InChI=1S/C16H26O/c1-4-6-7-8-10-15-14(13(3)5-2)11-9-12-16(15)17/h9,11-13,17H,4-8,10H2,1-3H3. The van der Waals surface area contributed by atoms with Gasteiger partial charge in [-0.05, 0) is 42.4 Å². The first-order chi connectivity index (χ1) is 8.20. The van der Waals surface area contributed by atoms with Gasteiger partial charge in [-0.25, -0.2) is 0 Å². The molecule has 0 aliphatic carbocycles. The van der Waals surface area contributed by atoms with Crippen molar-refractivity contribution in [3.63, 3.8) is 0 Å². The van der Waals surface area contributed by atoms with Crippen LogP contribution in [0.25, 0.3) is 0 Å². The van der Waals surface area contributed by atoms with Crippen molar-refractivity contribution >= 4 is 0 Å². The Kier molecular flexibility index (Phi) is 6.10. The molecule has 1 nitrogen and oxygen atoms in total. The fourth-order valence-electron chi connectivity index (χ4n) is 2.27. The molecule has 0 amide bonds. The molecule has 1 aromatic rings. The highest BCUT2D eigenvalue weighted by Crippen LogP contribution is 2.30. The molecule has 96 valence electrons. The second-order valence-corrected chi connectivity index (χ2v) is 4.96. The van der Waals surface area contributed by atoms with Gasteiger partial charge in [-0.1, -0.05) is 52.2 Å². The van der Waals surface area contributed by atoms with Crippen molar-refractivity contribution in [3.05, 3.63) is 29.3 Å². The molecule has 0 aliphatic heterocycles. The van der Waals surface area contributed by atoms with Crippen molar-refractivity contribution in [1.29, 1.82) is 0 Å². The Morgan fingerprint density at radius 3 is 2.53 bits per heavy atom. The second-order valence-electron chi connectivity index (χ2n) is 4.96. The lowest BCUT2D eigenvalue weighted by Crippen LogP contribution is -1.99. The van der Waals surface area contributed by atoms with Crippen LogP contribution in [0.3, 0.4) is 0 Å². The van der Waals surface area contributed by atoms with Crippen LogP contribution < -0.4 is 0 Å². The minimum atomic E-state index is 0.485. The van der Waals surface area contributed by atoms with E-state index >= 15 is 0 Å². The molecule has 0 saturated carbocycles. The summed E-state index contributed by atoms with van der Waals surface area (Å²) in [6.07, 6.45) is 7.17. The molecule has 0 fully saturated rings. The molecule has 0 heterocycles. The first-order valence-corrected chi connectivity index (χ1v) is 7.01. The molecule has 1 rings (SSSR count). The molecule has 0 aromatic heterocycles. The van der Waals surface area contributed by atoms with Crippen LogP contribution in [0, 0.1) is 0 Å². The van der Waals surface area contributed by atoms with E-state index in [0.717, 1.165) is 12.8 Å². The van der Waals surface area contributed by atoms with Gasteiger partial charge in [0.15, 0.2) is 0 Å². The maximum absolute atomic E-state index is 9.99. The van der Waals surface area contributed by atoms with E-state index in [-0.39, 0.29) is 0 Å². The largest absolute Gasteiger partial charge is 0.508 e. The van der Waals surface area contributed by atoms with Gasteiger partial charge in [0, 0.05) is 0 Å². The van der Waals surface area contributed by atoms with E-state index in [1.165, 1.54) is 36.8 Å². The van der Waals surface area contributed by atoms with Crippen LogP contribution >= 0.6 is 0 Å². The van der Waals surface area contributed by atoms with E-state index in [0.29, 0.717) is 11.7 Å². The van der Waals surface area contributed by atoms with E-state index in [1.807, 2.05) is 12.1 Å². The SMILES string of the molecule is CCCCCCc1c(O)cccc1C(C)CC. The zero-order valence-electron chi connectivity index (χ0n) is 11.5. The summed E-state index contributed by atoms with van der Waals surface area (Å²) in [6.45, 7) is 6.67. The first-order valence-electron chi connectivity index (χ1n) is 7.01. The normalized spacial score (nSPS) is 12.6. The summed E-state index contributed by atoms with van der Waals surface area (Å²) < 4.78 is 0. The van der Waals surface area contributed by atoms with Crippen LogP contribution in [0.5, 0.6) is 5.75 Å². The topological polar surface area (TPSA) is 20.2 Å². The molecular weight excluding hydrogens is 208 g/mol. The fraction of sp³-hybridized carbons (Fsp3) is 0.625.